The maximum atomic E-state index is 13.7. The fourth-order valence-corrected chi connectivity index (χ4v) is 1.78. The van der Waals surface area contributed by atoms with Crippen molar-refractivity contribution in [2.45, 2.75) is 6.54 Å². The Morgan fingerprint density at radius 2 is 2.05 bits per heavy atom. The van der Waals surface area contributed by atoms with Crippen molar-refractivity contribution in [1.29, 1.82) is 0 Å². The van der Waals surface area contributed by atoms with Gasteiger partial charge in [0.05, 0.1) is 13.3 Å². The Labute approximate surface area is 116 Å². The maximum Gasteiger partial charge on any atom is 0.239 e. The Kier molecular flexibility index (Phi) is 4.31. The number of ether oxygens (including phenoxy) is 1. The second-order valence-electron chi connectivity index (χ2n) is 4.21. The molecular weight excluding hydrogens is 261 g/mol. The number of benzene rings is 1. The van der Waals surface area contributed by atoms with Crippen LogP contribution in [0.2, 0.25) is 0 Å². The van der Waals surface area contributed by atoms with Crippen molar-refractivity contribution in [3.05, 3.63) is 41.8 Å². The minimum absolute atomic E-state index is 0.169. The minimum atomic E-state index is -0.500. The number of hydrogen-bond acceptors (Lipinski definition) is 6. The van der Waals surface area contributed by atoms with E-state index in [1.165, 1.54) is 0 Å². The summed E-state index contributed by atoms with van der Waals surface area (Å²) in [5, 5.41) is 0. The van der Waals surface area contributed by atoms with Crippen LogP contribution in [0.25, 0.3) is 0 Å². The van der Waals surface area contributed by atoms with Crippen molar-refractivity contribution in [1.82, 2.24) is 9.97 Å². The highest BCUT2D eigenvalue weighted by Gasteiger charge is 2.11. The van der Waals surface area contributed by atoms with Crippen molar-refractivity contribution >= 4 is 11.8 Å². The first-order valence-corrected chi connectivity index (χ1v) is 5.97. The molecule has 6 nitrogen and oxygen atoms in total. The summed E-state index contributed by atoms with van der Waals surface area (Å²) in [4.78, 5) is 9.38. The van der Waals surface area contributed by atoms with Gasteiger partial charge in [0.1, 0.15) is 5.75 Å². The molecule has 0 unspecified atom stereocenters. The molecule has 106 valence electrons. The standard InChI is InChI=1S/C13H16FN5O/c1-19(8-9-3-5-10(20-2)6-4-9)12-11(14)7-16-13(17-12)18-15/h3-7H,8,15H2,1-2H3,(H,16,17,18). The number of halogens is 1. The molecule has 0 amide bonds. The lowest BCUT2D eigenvalue weighted by Crippen LogP contribution is -2.21. The van der Waals surface area contributed by atoms with Crippen LogP contribution in [0.4, 0.5) is 16.2 Å². The fraction of sp³-hybridized carbons (Fsp3) is 0.231. The summed E-state index contributed by atoms with van der Waals surface area (Å²) in [5.41, 5.74) is 3.30. The number of nitrogens with two attached hydrogens (primary N) is 1. The topological polar surface area (TPSA) is 76.3 Å². The van der Waals surface area contributed by atoms with Crippen LogP contribution < -0.4 is 20.9 Å². The van der Waals surface area contributed by atoms with E-state index in [4.69, 9.17) is 10.6 Å². The van der Waals surface area contributed by atoms with Crippen LogP contribution in [0.5, 0.6) is 5.75 Å². The van der Waals surface area contributed by atoms with Crippen LogP contribution in [0.3, 0.4) is 0 Å². The van der Waals surface area contributed by atoms with Gasteiger partial charge in [0.2, 0.25) is 5.95 Å². The van der Waals surface area contributed by atoms with Crippen LogP contribution >= 0.6 is 0 Å². The van der Waals surface area contributed by atoms with Gasteiger partial charge in [-0.15, -0.1) is 0 Å². The molecule has 1 aromatic heterocycles. The van der Waals surface area contributed by atoms with Gasteiger partial charge in [-0.3, -0.25) is 5.43 Å². The Morgan fingerprint density at radius 1 is 1.35 bits per heavy atom. The Bertz CT molecular complexity index is 575. The summed E-state index contributed by atoms with van der Waals surface area (Å²) in [6, 6.07) is 7.53. The lowest BCUT2D eigenvalue weighted by atomic mass is 10.2. The van der Waals surface area contributed by atoms with E-state index in [-0.39, 0.29) is 11.8 Å². The Hall–Kier alpha value is -2.41. The highest BCUT2D eigenvalue weighted by atomic mass is 19.1. The van der Waals surface area contributed by atoms with Crippen LogP contribution in [0.15, 0.2) is 30.5 Å². The maximum absolute atomic E-state index is 13.7. The molecule has 0 aliphatic rings. The van der Waals surface area contributed by atoms with Gasteiger partial charge in [0, 0.05) is 13.6 Å². The smallest absolute Gasteiger partial charge is 0.239 e. The number of rotatable bonds is 5. The lowest BCUT2D eigenvalue weighted by Gasteiger charge is -2.19. The molecule has 20 heavy (non-hydrogen) atoms. The Morgan fingerprint density at radius 3 is 2.65 bits per heavy atom. The third-order valence-electron chi connectivity index (χ3n) is 2.80. The number of aromatic nitrogens is 2. The molecule has 7 heteroatoms. The third kappa shape index (κ3) is 3.12. The number of nitrogens with zero attached hydrogens (tertiary/aromatic N) is 3. The van der Waals surface area contributed by atoms with Crippen molar-refractivity contribution in [3.8, 4) is 5.75 Å². The summed E-state index contributed by atoms with van der Waals surface area (Å²) >= 11 is 0. The zero-order valence-corrected chi connectivity index (χ0v) is 11.3. The molecule has 2 rings (SSSR count). The summed E-state index contributed by atoms with van der Waals surface area (Å²) in [7, 11) is 3.36. The fourth-order valence-electron chi connectivity index (χ4n) is 1.78. The quantitative estimate of drug-likeness (QED) is 0.638. The zero-order chi connectivity index (χ0) is 14.5. The summed E-state index contributed by atoms with van der Waals surface area (Å²) in [6.45, 7) is 0.502. The second kappa shape index (κ2) is 6.16. The second-order valence-corrected chi connectivity index (χ2v) is 4.21. The molecule has 2 aromatic rings. The molecule has 1 aromatic carbocycles. The zero-order valence-electron chi connectivity index (χ0n) is 11.3. The van der Waals surface area contributed by atoms with Crippen molar-refractivity contribution < 1.29 is 9.13 Å². The molecule has 0 saturated carbocycles. The largest absolute Gasteiger partial charge is 0.497 e. The first-order chi connectivity index (χ1) is 9.63. The highest BCUT2D eigenvalue weighted by Crippen LogP contribution is 2.19. The van der Waals surface area contributed by atoms with Gasteiger partial charge in [0.15, 0.2) is 11.6 Å². The van der Waals surface area contributed by atoms with E-state index < -0.39 is 5.82 Å². The molecular formula is C13H16FN5O. The van der Waals surface area contributed by atoms with E-state index in [0.29, 0.717) is 6.54 Å². The SMILES string of the molecule is COc1ccc(CN(C)c2nc(NN)ncc2F)cc1. The number of anilines is 2. The number of hydrazine groups is 1. The van der Waals surface area contributed by atoms with E-state index in [1.54, 1.807) is 19.1 Å². The lowest BCUT2D eigenvalue weighted by molar-refractivity contribution is 0.414. The van der Waals surface area contributed by atoms with Crippen molar-refractivity contribution in [2.24, 2.45) is 5.84 Å². The first kappa shape index (κ1) is 14.0. The third-order valence-corrected chi connectivity index (χ3v) is 2.80. The molecule has 0 saturated heterocycles. The molecule has 0 aliphatic carbocycles. The number of methoxy groups -OCH3 is 1. The Balaban J connectivity index is 2.16. The van der Waals surface area contributed by atoms with E-state index in [2.05, 4.69) is 15.4 Å². The number of nitrogen functional groups attached to an aromatic ring is 1. The van der Waals surface area contributed by atoms with Gasteiger partial charge in [-0.25, -0.2) is 15.2 Å². The summed E-state index contributed by atoms with van der Waals surface area (Å²) < 4.78 is 18.8. The molecule has 0 fully saturated rings. The predicted molar refractivity (Wildman–Crippen MR) is 74.9 cm³/mol. The minimum Gasteiger partial charge on any atom is -0.497 e. The first-order valence-electron chi connectivity index (χ1n) is 5.97. The van der Waals surface area contributed by atoms with Gasteiger partial charge in [-0.1, -0.05) is 12.1 Å². The summed E-state index contributed by atoms with van der Waals surface area (Å²) in [5.74, 6) is 5.85. The monoisotopic (exact) mass is 277 g/mol. The van der Waals surface area contributed by atoms with E-state index in [9.17, 15) is 4.39 Å². The van der Waals surface area contributed by atoms with Crippen molar-refractivity contribution in [3.63, 3.8) is 0 Å². The molecule has 0 atom stereocenters. The van der Waals surface area contributed by atoms with Gasteiger partial charge in [0.25, 0.3) is 0 Å². The molecule has 1 heterocycles. The number of nitrogens with one attached hydrogen (secondary N) is 1. The van der Waals surface area contributed by atoms with Crippen LogP contribution in [-0.2, 0) is 6.54 Å². The van der Waals surface area contributed by atoms with Crippen LogP contribution in [-0.4, -0.2) is 24.1 Å². The van der Waals surface area contributed by atoms with Gasteiger partial charge >= 0.3 is 0 Å². The number of hydrogen-bond donors (Lipinski definition) is 2. The van der Waals surface area contributed by atoms with Crippen LogP contribution in [0, 0.1) is 5.82 Å². The predicted octanol–water partition coefficient (Wildman–Crippen LogP) is 1.55. The highest BCUT2D eigenvalue weighted by molar-refractivity contribution is 5.43. The van der Waals surface area contributed by atoms with E-state index >= 15 is 0 Å². The van der Waals surface area contributed by atoms with Crippen LogP contribution in [0.1, 0.15) is 5.56 Å². The molecule has 0 radical (unpaired) electrons. The van der Waals surface area contributed by atoms with E-state index in [0.717, 1.165) is 17.5 Å². The van der Waals surface area contributed by atoms with Gasteiger partial charge in [-0.05, 0) is 17.7 Å². The van der Waals surface area contributed by atoms with Crippen molar-refractivity contribution in [2.75, 3.05) is 24.5 Å². The van der Waals surface area contributed by atoms with E-state index in [1.807, 2.05) is 24.3 Å². The molecule has 0 spiro atoms. The van der Waals surface area contributed by atoms with Gasteiger partial charge < -0.3 is 9.64 Å². The van der Waals surface area contributed by atoms with Gasteiger partial charge in [-0.2, -0.15) is 4.98 Å². The molecule has 0 bridgehead atoms. The summed E-state index contributed by atoms with van der Waals surface area (Å²) in [6.07, 6.45) is 1.09. The molecule has 3 N–H and O–H groups in total. The molecule has 0 aliphatic heterocycles. The normalized spacial score (nSPS) is 10.2. The average Bonchev–Trinajstić information content (AvgIpc) is 2.48. The average molecular weight is 277 g/mol.